The third-order valence-corrected chi connectivity index (χ3v) is 8.55. The lowest BCUT2D eigenvalue weighted by Gasteiger charge is -2.17. The number of nitrogens with zero attached hydrogens (tertiary/aromatic N) is 1. The Balaban J connectivity index is 0.000000187. The maximum atomic E-state index is 11.6. The second-order valence-corrected chi connectivity index (χ2v) is 10.9. The zero-order valence-electron chi connectivity index (χ0n) is 17.3. The van der Waals surface area contributed by atoms with Gasteiger partial charge in [-0.25, -0.2) is 19.1 Å². The Labute approximate surface area is 191 Å². The third kappa shape index (κ3) is 4.94. The number of halogens is 1. The Bertz CT molecular complexity index is 950. The smallest absolute Gasteiger partial charge is 0.318 e. The lowest BCUT2D eigenvalue weighted by molar-refractivity contribution is 0.0823. The maximum Gasteiger partial charge on any atom is 0.318 e. The molecule has 0 radical (unpaired) electrons. The Morgan fingerprint density at radius 2 is 1.73 bits per heavy atom. The van der Waals surface area contributed by atoms with Gasteiger partial charge in [0.25, 0.3) is 0 Å². The van der Waals surface area contributed by atoms with Gasteiger partial charge in [-0.3, -0.25) is 0 Å². The highest BCUT2D eigenvalue weighted by molar-refractivity contribution is 9.10. The maximum absolute atomic E-state index is 11.6. The molecule has 0 bridgehead atoms. The summed E-state index contributed by atoms with van der Waals surface area (Å²) in [6, 6.07) is -0.111. The number of hydrogen-bond donors (Lipinski definition) is 4. The first kappa shape index (κ1) is 23.3. The SMILES string of the molecule is CC(C)(O)c1cnc(S(N)=O)s1.CNC(=O)Nc1c2c(c(Br)c3c1CCC3)CCC2. The van der Waals surface area contributed by atoms with Gasteiger partial charge < -0.3 is 15.7 Å². The number of nitrogens with two attached hydrogens (primary N) is 1. The molecule has 0 spiro atoms. The van der Waals surface area contributed by atoms with Crippen LogP contribution in [0.5, 0.6) is 0 Å². The van der Waals surface area contributed by atoms with Gasteiger partial charge in [-0.1, -0.05) is 15.9 Å². The number of rotatable bonds is 3. The van der Waals surface area contributed by atoms with Crippen LogP contribution in [-0.4, -0.2) is 27.4 Å². The molecule has 0 saturated carbocycles. The molecular weight excluding hydrogens is 488 g/mol. The van der Waals surface area contributed by atoms with Gasteiger partial charge in [0.05, 0.1) is 10.5 Å². The summed E-state index contributed by atoms with van der Waals surface area (Å²) in [6.07, 6.45) is 8.31. The lowest BCUT2D eigenvalue weighted by Crippen LogP contribution is -2.26. The van der Waals surface area contributed by atoms with Crippen LogP contribution in [0.1, 0.15) is 53.8 Å². The zero-order chi connectivity index (χ0) is 22.1. The molecule has 0 saturated heterocycles. The van der Waals surface area contributed by atoms with Gasteiger partial charge in [-0.15, -0.1) is 11.3 Å². The fourth-order valence-corrected chi connectivity index (χ4v) is 6.13. The molecular formula is C20H27BrN4O3S2. The minimum Gasteiger partial charge on any atom is -0.385 e. The van der Waals surface area contributed by atoms with E-state index >= 15 is 0 Å². The Morgan fingerprint density at radius 1 is 1.20 bits per heavy atom. The summed E-state index contributed by atoms with van der Waals surface area (Å²) in [5.41, 5.74) is 5.70. The average Bonchev–Trinajstić information content (AvgIpc) is 3.44. The molecule has 2 amide bonds. The molecule has 2 aromatic rings. The fourth-order valence-electron chi connectivity index (χ4n) is 3.85. The number of aliphatic hydroxyl groups is 1. The molecule has 1 atom stereocenters. The van der Waals surface area contributed by atoms with Gasteiger partial charge >= 0.3 is 6.03 Å². The van der Waals surface area contributed by atoms with Crippen molar-refractivity contribution in [2.24, 2.45) is 5.14 Å². The fraction of sp³-hybridized carbons (Fsp3) is 0.500. The third-order valence-electron chi connectivity index (χ3n) is 5.29. The summed E-state index contributed by atoms with van der Waals surface area (Å²) in [6.45, 7) is 3.29. The van der Waals surface area contributed by atoms with Crippen molar-refractivity contribution in [1.82, 2.24) is 10.3 Å². The molecule has 0 aliphatic heterocycles. The second-order valence-electron chi connectivity index (χ2n) is 7.86. The highest BCUT2D eigenvalue weighted by Gasteiger charge is 2.28. The van der Waals surface area contributed by atoms with E-state index in [1.54, 1.807) is 20.9 Å². The number of nitrogens with one attached hydrogen (secondary N) is 2. The largest absolute Gasteiger partial charge is 0.385 e. The molecule has 2 aliphatic rings. The van der Waals surface area contributed by atoms with Gasteiger partial charge in [0.2, 0.25) is 0 Å². The molecule has 1 aromatic heterocycles. The minimum absolute atomic E-state index is 0.111. The van der Waals surface area contributed by atoms with E-state index < -0.39 is 16.6 Å². The van der Waals surface area contributed by atoms with Crippen LogP contribution < -0.4 is 15.8 Å². The van der Waals surface area contributed by atoms with Gasteiger partial charge in [-0.2, -0.15) is 0 Å². The Morgan fingerprint density at radius 3 is 2.13 bits per heavy atom. The number of amides is 2. The topological polar surface area (TPSA) is 117 Å². The molecule has 4 rings (SSSR count). The molecule has 0 fully saturated rings. The first-order chi connectivity index (χ1) is 14.1. The number of hydrogen-bond acceptors (Lipinski definition) is 5. The number of benzene rings is 1. The minimum atomic E-state index is -1.55. The predicted octanol–water partition coefficient (Wildman–Crippen LogP) is 3.53. The molecule has 10 heteroatoms. The van der Waals surface area contributed by atoms with Crippen molar-refractivity contribution in [2.45, 2.75) is 62.3 Å². The zero-order valence-corrected chi connectivity index (χ0v) is 20.5. The number of anilines is 1. The van der Waals surface area contributed by atoms with Crippen LogP contribution in [-0.2, 0) is 42.3 Å². The average molecular weight is 515 g/mol. The number of carbonyl (C=O) groups excluding carboxylic acids is 1. The number of urea groups is 1. The van der Waals surface area contributed by atoms with E-state index in [-0.39, 0.29) is 6.03 Å². The van der Waals surface area contributed by atoms with Crippen molar-refractivity contribution >= 4 is 50.0 Å². The van der Waals surface area contributed by atoms with Crippen LogP contribution in [0.3, 0.4) is 0 Å². The Hall–Kier alpha value is -1.33. The van der Waals surface area contributed by atoms with E-state index in [1.165, 1.54) is 45.8 Å². The first-order valence-electron chi connectivity index (χ1n) is 9.82. The van der Waals surface area contributed by atoms with Crippen molar-refractivity contribution in [3.63, 3.8) is 0 Å². The molecule has 5 N–H and O–H groups in total. The predicted molar refractivity (Wildman–Crippen MR) is 124 cm³/mol. The van der Waals surface area contributed by atoms with Gasteiger partial charge in [-0.05, 0) is 74.6 Å². The molecule has 30 heavy (non-hydrogen) atoms. The van der Waals surface area contributed by atoms with E-state index in [4.69, 9.17) is 5.14 Å². The molecule has 2 aliphatic carbocycles. The summed E-state index contributed by atoms with van der Waals surface area (Å²) >= 11 is 4.93. The lowest BCUT2D eigenvalue weighted by atomic mass is 9.98. The van der Waals surface area contributed by atoms with Crippen molar-refractivity contribution in [2.75, 3.05) is 12.4 Å². The first-order valence-corrected chi connectivity index (χ1v) is 12.6. The van der Waals surface area contributed by atoms with E-state index in [0.717, 1.165) is 42.7 Å². The Kier molecular flexibility index (Phi) is 7.34. The van der Waals surface area contributed by atoms with Crippen molar-refractivity contribution in [3.05, 3.63) is 37.8 Å². The normalized spacial score (nSPS) is 15.7. The van der Waals surface area contributed by atoms with Crippen LogP contribution in [0, 0.1) is 0 Å². The van der Waals surface area contributed by atoms with E-state index in [0.29, 0.717) is 9.22 Å². The summed E-state index contributed by atoms with van der Waals surface area (Å²) in [4.78, 5) is 16.1. The number of thiazole rings is 1. The number of fused-ring (bicyclic) bond motifs is 2. The van der Waals surface area contributed by atoms with Crippen LogP contribution in [0.2, 0.25) is 0 Å². The highest BCUT2D eigenvalue weighted by Crippen LogP contribution is 2.44. The molecule has 164 valence electrons. The highest BCUT2D eigenvalue weighted by atomic mass is 79.9. The van der Waals surface area contributed by atoms with Crippen LogP contribution >= 0.6 is 27.3 Å². The quantitative estimate of drug-likeness (QED) is 0.500. The number of carbonyl (C=O) groups is 1. The van der Waals surface area contributed by atoms with Crippen molar-refractivity contribution < 1.29 is 14.1 Å². The van der Waals surface area contributed by atoms with Gasteiger partial charge in [0.15, 0.2) is 15.3 Å². The summed E-state index contributed by atoms with van der Waals surface area (Å²) in [5, 5.41) is 20.3. The standard InChI is InChI=1S/C14H17BrN2O.C6H10N2O2S2/c1-16-14(18)17-13-10-6-2-4-8(10)12(15)9-5-3-7-11(9)13;1-6(2,9)4-3-8-5(11-4)12(7)10/h2-7H2,1H3,(H2,16,17,18);3,9H,7H2,1-2H3. The summed E-state index contributed by atoms with van der Waals surface area (Å²) in [5.74, 6) is 0. The monoisotopic (exact) mass is 514 g/mol. The van der Waals surface area contributed by atoms with Crippen LogP contribution in [0.25, 0.3) is 0 Å². The van der Waals surface area contributed by atoms with Gasteiger partial charge in [0, 0.05) is 23.4 Å². The molecule has 1 unspecified atom stereocenters. The van der Waals surface area contributed by atoms with Crippen molar-refractivity contribution in [3.8, 4) is 0 Å². The summed E-state index contributed by atoms with van der Waals surface area (Å²) in [7, 11) is 0.115. The van der Waals surface area contributed by atoms with Crippen LogP contribution in [0.15, 0.2) is 15.0 Å². The van der Waals surface area contributed by atoms with Crippen LogP contribution in [0.4, 0.5) is 10.5 Å². The van der Waals surface area contributed by atoms with Gasteiger partial charge in [0.1, 0.15) is 0 Å². The van der Waals surface area contributed by atoms with Crippen molar-refractivity contribution in [1.29, 1.82) is 0 Å². The molecule has 1 aromatic carbocycles. The summed E-state index contributed by atoms with van der Waals surface area (Å²) < 4.78 is 12.4. The van der Waals surface area contributed by atoms with E-state index in [1.807, 2.05) is 0 Å². The second kappa shape index (κ2) is 9.44. The number of aromatic nitrogens is 1. The van der Waals surface area contributed by atoms with E-state index in [2.05, 4.69) is 31.5 Å². The molecule has 1 heterocycles. The van der Waals surface area contributed by atoms with E-state index in [9.17, 15) is 14.1 Å². The molecule has 7 nitrogen and oxygen atoms in total.